The van der Waals surface area contributed by atoms with Gasteiger partial charge < -0.3 is 9.88 Å². The largest absolute Gasteiger partial charge is 0.355 e. The quantitative estimate of drug-likeness (QED) is 0.264. The van der Waals surface area contributed by atoms with E-state index in [4.69, 9.17) is 0 Å². The Morgan fingerprint density at radius 3 is 2.03 bits per heavy atom. The molecule has 38 heavy (non-hydrogen) atoms. The van der Waals surface area contributed by atoms with E-state index in [1.807, 2.05) is 0 Å². The molecule has 0 spiro atoms. The van der Waals surface area contributed by atoms with E-state index in [1.165, 1.54) is 61.0 Å². The number of allylic oxidation sites excluding steroid dienone is 2. The third kappa shape index (κ3) is 3.27. The minimum atomic E-state index is 0.281. The molecule has 0 radical (unpaired) electrons. The van der Waals surface area contributed by atoms with Gasteiger partial charge in [0, 0.05) is 39.1 Å². The standard InChI is InChI=1S/C36H26N2/c1-3-9-24(10-4-1)25-15-18-33-30(21-25)31-22-26(16-19-34(31)37-33)27-17-20-36-32(23-27)29-13-7-8-14-35(29)38(36)28-11-5-2-6-12-28/h1-23,32,36-37H. The molecule has 2 unspecified atom stereocenters. The Balaban J connectivity index is 1.22. The number of nitrogens with one attached hydrogen (secondary N) is 1. The number of aromatic amines is 1. The number of nitrogens with zero attached hydrogens (tertiary/aromatic N) is 1. The number of benzene rings is 5. The maximum absolute atomic E-state index is 3.62. The van der Waals surface area contributed by atoms with Gasteiger partial charge in [0.2, 0.25) is 0 Å². The molecule has 0 saturated heterocycles. The van der Waals surface area contributed by atoms with Gasteiger partial charge in [0.1, 0.15) is 0 Å². The predicted octanol–water partition coefficient (Wildman–Crippen LogP) is 9.25. The Kier molecular flexibility index (Phi) is 4.68. The molecular formula is C36H26N2. The zero-order valence-electron chi connectivity index (χ0n) is 20.9. The van der Waals surface area contributed by atoms with Crippen molar-refractivity contribution in [2.45, 2.75) is 12.0 Å². The molecule has 6 aromatic rings. The first-order chi connectivity index (χ1) is 18.8. The van der Waals surface area contributed by atoms with E-state index in [2.05, 4.69) is 149 Å². The number of rotatable bonds is 3. The third-order valence-electron chi connectivity index (χ3n) is 8.13. The van der Waals surface area contributed by atoms with Crippen molar-refractivity contribution < 1.29 is 0 Å². The summed E-state index contributed by atoms with van der Waals surface area (Å²) in [5.74, 6) is 0.315. The van der Waals surface area contributed by atoms with Crippen LogP contribution in [0, 0.1) is 0 Å². The number of para-hydroxylation sites is 2. The molecule has 5 aromatic carbocycles. The van der Waals surface area contributed by atoms with Crippen LogP contribution in [0.2, 0.25) is 0 Å². The van der Waals surface area contributed by atoms with Gasteiger partial charge in [-0.25, -0.2) is 0 Å². The summed E-state index contributed by atoms with van der Waals surface area (Å²) in [6.45, 7) is 0. The van der Waals surface area contributed by atoms with Crippen LogP contribution in [0.1, 0.15) is 17.0 Å². The summed E-state index contributed by atoms with van der Waals surface area (Å²) in [6.07, 6.45) is 7.17. The second kappa shape index (κ2) is 8.36. The van der Waals surface area contributed by atoms with Crippen LogP contribution in [0.3, 0.4) is 0 Å². The predicted molar refractivity (Wildman–Crippen MR) is 160 cm³/mol. The van der Waals surface area contributed by atoms with E-state index >= 15 is 0 Å². The molecule has 1 aromatic heterocycles. The Labute approximate surface area is 222 Å². The first kappa shape index (κ1) is 21.3. The molecule has 0 bridgehead atoms. The lowest BCUT2D eigenvalue weighted by atomic mass is 9.86. The van der Waals surface area contributed by atoms with Gasteiger partial charge in [-0.2, -0.15) is 0 Å². The van der Waals surface area contributed by atoms with Gasteiger partial charge in [-0.15, -0.1) is 0 Å². The molecule has 0 fully saturated rings. The van der Waals surface area contributed by atoms with Crippen LogP contribution in [0.5, 0.6) is 0 Å². The summed E-state index contributed by atoms with van der Waals surface area (Å²) < 4.78 is 0. The first-order valence-corrected chi connectivity index (χ1v) is 13.3. The van der Waals surface area contributed by atoms with E-state index in [9.17, 15) is 0 Å². The van der Waals surface area contributed by atoms with Crippen molar-refractivity contribution in [3.05, 3.63) is 151 Å². The highest BCUT2D eigenvalue weighted by Crippen LogP contribution is 2.49. The Bertz CT molecular complexity index is 1880. The summed E-state index contributed by atoms with van der Waals surface area (Å²) in [4.78, 5) is 6.10. The summed E-state index contributed by atoms with van der Waals surface area (Å²) in [5, 5.41) is 2.53. The van der Waals surface area contributed by atoms with E-state index < -0.39 is 0 Å². The summed E-state index contributed by atoms with van der Waals surface area (Å²) in [5.41, 5.74) is 11.3. The number of hydrogen-bond acceptors (Lipinski definition) is 1. The Hall–Kier alpha value is -4.82. The van der Waals surface area contributed by atoms with Crippen LogP contribution in [-0.4, -0.2) is 11.0 Å². The average molecular weight is 487 g/mol. The van der Waals surface area contributed by atoms with Gasteiger partial charge >= 0.3 is 0 Å². The normalized spacial score (nSPS) is 18.0. The van der Waals surface area contributed by atoms with Crippen LogP contribution in [-0.2, 0) is 0 Å². The molecular weight excluding hydrogens is 460 g/mol. The molecule has 1 aliphatic heterocycles. The minimum absolute atomic E-state index is 0.281. The van der Waals surface area contributed by atoms with Gasteiger partial charge in [0.15, 0.2) is 0 Å². The third-order valence-corrected chi connectivity index (χ3v) is 8.13. The summed E-state index contributed by atoms with van der Waals surface area (Å²) >= 11 is 0. The van der Waals surface area contributed by atoms with Crippen molar-refractivity contribution in [2.24, 2.45) is 0 Å². The second-order valence-corrected chi connectivity index (χ2v) is 10.3. The van der Waals surface area contributed by atoms with Gasteiger partial charge in [0.25, 0.3) is 0 Å². The maximum atomic E-state index is 3.62. The highest BCUT2D eigenvalue weighted by atomic mass is 15.2. The smallest absolute Gasteiger partial charge is 0.0630 e. The summed E-state index contributed by atoms with van der Waals surface area (Å²) in [6, 6.07) is 44.1. The first-order valence-electron chi connectivity index (χ1n) is 13.3. The zero-order chi connectivity index (χ0) is 25.1. The lowest BCUT2D eigenvalue weighted by Gasteiger charge is -2.29. The van der Waals surface area contributed by atoms with E-state index in [0.29, 0.717) is 5.92 Å². The molecule has 0 saturated carbocycles. The van der Waals surface area contributed by atoms with Crippen LogP contribution in [0.4, 0.5) is 11.4 Å². The van der Waals surface area contributed by atoms with E-state index in [0.717, 1.165) is 0 Å². The zero-order valence-corrected chi connectivity index (χ0v) is 20.9. The van der Waals surface area contributed by atoms with Crippen molar-refractivity contribution in [3.8, 4) is 11.1 Å². The molecule has 1 aliphatic carbocycles. The molecule has 2 heterocycles. The number of H-pyrrole nitrogens is 1. The molecule has 180 valence electrons. The van der Waals surface area contributed by atoms with Crippen molar-refractivity contribution in [1.82, 2.24) is 4.98 Å². The van der Waals surface area contributed by atoms with E-state index in [1.54, 1.807) is 0 Å². The SMILES string of the molecule is C1=CC2C(C=C1c1ccc3[nH]c4ccc(-c5ccccc5)cc4c3c1)c1ccccc1N2c1ccccc1. The highest BCUT2D eigenvalue weighted by molar-refractivity contribution is 6.09. The monoisotopic (exact) mass is 486 g/mol. The van der Waals surface area contributed by atoms with Gasteiger partial charge in [-0.05, 0) is 70.3 Å². The molecule has 2 nitrogen and oxygen atoms in total. The molecule has 2 atom stereocenters. The second-order valence-electron chi connectivity index (χ2n) is 10.3. The summed E-state index contributed by atoms with van der Waals surface area (Å²) in [7, 11) is 0. The van der Waals surface area contributed by atoms with Crippen LogP contribution < -0.4 is 4.90 Å². The van der Waals surface area contributed by atoms with Crippen molar-refractivity contribution >= 4 is 38.8 Å². The van der Waals surface area contributed by atoms with Gasteiger partial charge in [-0.1, -0.05) is 97.1 Å². The molecule has 2 heteroatoms. The van der Waals surface area contributed by atoms with E-state index in [-0.39, 0.29) is 6.04 Å². The van der Waals surface area contributed by atoms with Gasteiger partial charge in [0.05, 0.1) is 6.04 Å². The van der Waals surface area contributed by atoms with Crippen LogP contribution in [0.15, 0.2) is 140 Å². The van der Waals surface area contributed by atoms with Gasteiger partial charge in [-0.3, -0.25) is 0 Å². The molecule has 0 amide bonds. The fourth-order valence-corrected chi connectivity index (χ4v) is 6.32. The Morgan fingerprint density at radius 2 is 1.24 bits per heavy atom. The highest BCUT2D eigenvalue weighted by Gasteiger charge is 2.38. The number of anilines is 2. The number of aromatic nitrogens is 1. The molecule has 8 rings (SSSR count). The maximum Gasteiger partial charge on any atom is 0.0630 e. The number of hydrogen-bond donors (Lipinski definition) is 1. The van der Waals surface area contributed by atoms with Crippen LogP contribution in [0.25, 0.3) is 38.5 Å². The lowest BCUT2D eigenvalue weighted by Crippen LogP contribution is -2.28. The topological polar surface area (TPSA) is 19.0 Å². The van der Waals surface area contributed by atoms with Crippen molar-refractivity contribution in [2.75, 3.05) is 4.90 Å². The fraction of sp³-hybridized carbons (Fsp3) is 0.0556. The minimum Gasteiger partial charge on any atom is -0.355 e. The van der Waals surface area contributed by atoms with Crippen molar-refractivity contribution in [1.29, 1.82) is 0 Å². The molecule has 2 aliphatic rings. The van der Waals surface area contributed by atoms with Crippen molar-refractivity contribution in [3.63, 3.8) is 0 Å². The Morgan fingerprint density at radius 1 is 0.579 bits per heavy atom. The average Bonchev–Trinajstić information content (AvgIpc) is 3.52. The fourth-order valence-electron chi connectivity index (χ4n) is 6.32. The lowest BCUT2D eigenvalue weighted by molar-refractivity contribution is 0.747. The molecule has 1 N–H and O–H groups in total. The van der Waals surface area contributed by atoms with Crippen LogP contribution >= 0.6 is 0 Å². The number of fused-ring (bicyclic) bond motifs is 6.